The number of allylic oxidation sites excluding steroid dienone is 12. The molecule has 0 aromatic rings. The molecule has 0 aromatic carbocycles. The van der Waals surface area contributed by atoms with E-state index in [1.54, 1.807) is 0 Å². The molecule has 0 aliphatic heterocycles. The molecule has 0 aromatic heterocycles. The number of aliphatic hydroxyl groups is 2. The van der Waals surface area contributed by atoms with Crippen molar-refractivity contribution in [2.75, 3.05) is 72.0 Å². The average molecular weight is 1020 g/mol. The first-order valence-electron chi connectivity index (χ1n) is 31.8. The van der Waals surface area contributed by atoms with Crippen LogP contribution in [-0.4, -0.2) is 109 Å². The molecule has 0 fully saturated rings. The molecule has 428 valence electrons. The van der Waals surface area contributed by atoms with Gasteiger partial charge in [0.1, 0.15) is 0 Å². The van der Waals surface area contributed by atoms with Gasteiger partial charge in [-0.25, -0.2) is 0 Å². The van der Waals surface area contributed by atoms with Crippen LogP contribution in [0.1, 0.15) is 265 Å². The van der Waals surface area contributed by atoms with Crippen molar-refractivity contribution >= 4 is 0 Å². The minimum absolute atomic E-state index is 0.324. The Balaban J connectivity index is 4.96. The molecule has 0 aliphatic carbocycles. The maximum Gasteiger partial charge on any atom is 0.0789 e. The van der Waals surface area contributed by atoms with Crippen molar-refractivity contribution in [2.45, 2.75) is 277 Å². The van der Waals surface area contributed by atoms with Crippen LogP contribution >= 0.6 is 0 Å². The molecule has 0 rings (SSSR count). The van der Waals surface area contributed by atoms with Crippen LogP contribution in [0.3, 0.4) is 0 Å². The predicted octanol–water partition coefficient (Wildman–Crippen LogP) is 16.8. The second-order valence-electron chi connectivity index (χ2n) is 21.7. The summed E-state index contributed by atoms with van der Waals surface area (Å²) in [5.74, 6) is 0. The van der Waals surface area contributed by atoms with E-state index < -0.39 is 12.2 Å². The van der Waals surface area contributed by atoms with Gasteiger partial charge >= 0.3 is 0 Å². The number of nitrogens with two attached hydrogens (primary N) is 2. The zero-order valence-electron chi connectivity index (χ0n) is 49.1. The van der Waals surface area contributed by atoms with Crippen molar-refractivity contribution in [3.05, 3.63) is 72.9 Å². The molecule has 0 heterocycles. The van der Waals surface area contributed by atoms with Gasteiger partial charge in [0, 0.05) is 26.2 Å². The van der Waals surface area contributed by atoms with E-state index in [4.69, 9.17) is 11.5 Å². The van der Waals surface area contributed by atoms with Crippen molar-refractivity contribution in [3.63, 3.8) is 0 Å². The topological polar surface area (TPSA) is 102 Å². The van der Waals surface area contributed by atoms with Crippen molar-refractivity contribution in [2.24, 2.45) is 11.5 Å². The fourth-order valence-electron chi connectivity index (χ4n) is 9.68. The number of rotatable bonds is 59. The molecule has 7 nitrogen and oxygen atoms in total. The third-order valence-corrected chi connectivity index (χ3v) is 14.4. The Morgan fingerprint density at radius 3 is 0.767 bits per heavy atom. The average Bonchev–Trinajstić information content (AvgIpc) is 3.39. The van der Waals surface area contributed by atoms with Gasteiger partial charge in [-0.2, -0.15) is 0 Å². The van der Waals surface area contributed by atoms with Gasteiger partial charge in [0.25, 0.3) is 0 Å². The first-order valence-corrected chi connectivity index (χ1v) is 31.8. The van der Waals surface area contributed by atoms with Crippen LogP contribution in [0.15, 0.2) is 72.9 Å². The quantitative estimate of drug-likeness (QED) is 0.0356. The van der Waals surface area contributed by atoms with Gasteiger partial charge in [0.2, 0.25) is 0 Å². The predicted molar refractivity (Wildman–Crippen MR) is 327 cm³/mol. The van der Waals surface area contributed by atoms with E-state index in [0.717, 1.165) is 77.9 Å². The number of nitrogens with zero attached hydrogens (tertiary/aromatic N) is 3. The Morgan fingerprint density at radius 1 is 0.274 bits per heavy atom. The summed E-state index contributed by atoms with van der Waals surface area (Å²) in [7, 11) is 0. The molecular weight excluding hydrogens is 895 g/mol. The normalized spacial score (nSPS) is 13.6. The van der Waals surface area contributed by atoms with Crippen LogP contribution in [0, 0.1) is 0 Å². The molecule has 6 N–H and O–H groups in total. The van der Waals surface area contributed by atoms with Crippen LogP contribution < -0.4 is 11.5 Å². The van der Waals surface area contributed by atoms with E-state index in [2.05, 4.69) is 108 Å². The zero-order chi connectivity index (χ0) is 53.0. The minimum Gasteiger partial charge on any atom is -0.390 e. The fraction of sp³-hybridized carbons (Fsp3) is 0.818. The molecule has 73 heavy (non-hydrogen) atoms. The van der Waals surface area contributed by atoms with E-state index in [9.17, 15) is 10.2 Å². The highest BCUT2D eigenvalue weighted by molar-refractivity contribution is 4.94. The lowest BCUT2D eigenvalue weighted by molar-refractivity contribution is 0.109. The smallest absolute Gasteiger partial charge is 0.0789 e. The number of aliphatic hydroxyl groups excluding tert-OH is 2. The second-order valence-corrected chi connectivity index (χ2v) is 21.7. The Labute approximate surface area is 456 Å². The summed E-state index contributed by atoms with van der Waals surface area (Å²) in [4.78, 5) is 7.70. The maximum absolute atomic E-state index is 10.6. The molecule has 0 amide bonds. The van der Waals surface area contributed by atoms with Crippen molar-refractivity contribution in [1.82, 2.24) is 14.7 Å². The molecule has 0 bridgehead atoms. The number of hydrogen-bond donors (Lipinski definition) is 4. The number of unbranched alkanes of at least 4 members (excludes halogenated alkanes) is 27. The molecule has 2 atom stereocenters. The Bertz CT molecular complexity index is 1180. The standard InChI is InChI=1S/C66H127N5O2/c1-4-7-10-13-16-19-22-25-28-31-34-37-40-43-46-49-54-69(57-52-59-70(63-65(72)61-67)55-50-47-44-41-38-35-32-29-26-23-20-17-14-11-8-5-2)58-53-60-71(64-66(73)62-68)56-51-48-45-42-39-36-33-30-27-24-21-18-15-12-9-6-3/h16-21,25-30,65-66,72-73H,4-15,22-24,31-64,67-68H2,1-3H3/b19-16?,20-17?,21-18?,28-25-,29-26-,30-27?. The fourth-order valence-corrected chi connectivity index (χ4v) is 9.68. The van der Waals surface area contributed by atoms with E-state index in [1.807, 2.05) is 0 Å². The minimum atomic E-state index is -0.460. The first kappa shape index (κ1) is 71.2. The van der Waals surface area contributed by atoms with Crippen LogP contribution in [0.5, 0.6) is 0 Å². The summed E-state index contributed by atoms with van der Waals surface area (Å²) in [5, 5.41) is 21.2. The van der Waals surface area contributed by atoms with E-state index in [1.165, 1.54) is 212 Å². The summed E-state index contributed by atoms with van der Waals surface area (Å²) >= 11 is 0. The highest BCUT2D eigenvalue weighted by atomic mass is 16.3. The third kappa shape index (κ3) is 56.2. The lowest BCUT2D eigenvalue weighted by atomic mass is 10.1. The van der Waals surface area contributed by atoms with Gasteiger partial charge in [0.15, 0.2) is 0 Å². The summed E-state index contributed by atoms with van der Waals surface area (Å²) in [5.41, 5.74) is 11.8. The van der Waals surface area contributed by atoms with E-state index >= 15 is 0 Å². The molecule has 0 spiro atoms. The summed E-state index contributed by atoms with van der Waals surface area (Å²) < 4.78 is 0. The highest BCUT2D eigenvalue weighted by Crippen LogP contribution is 2.14. The van der Waals surface area contributed by atoms with Crippen LogP contribution in [0.25, 0.3) is 0 Å². The van der Waals surface area contributed by atoms with Crippen molar-refractivity contribution < 1.29 is 10.2 Å². The summed E-state index contributed by atoms with van der Waals surface area (Å²) in [6.07, 6.45) is 75.2. The SMILES string of the molecule is CCCCCC=CCC=CCCCCCCCCN(CCCN(CCCCCCCC/C=C\CC=CCCCCC)CCCN(CCCCCCCC/C=C\CC=CCCCCC)CC(O)CN)CC(O)CN. The first-order chi connectivity index (χ1) is 36.0. The van der Waals surface area contributed by atoms with Crippen molar-refractivity contribution in [3.8, 4) is 0 Å². The summed E-state index contributed by atoms with van der Waals surface area (Å²) in [6.45, 7) is 16.3. The third-order valence-electron chi connectivity index (χ3n) is 14.4. The molecule has 7 heteroatoms. The molecule has 0 aliphatic rings. The molecular formula is C66H127N5O2. The molecule has 0 saturated carbocycles. The van der Waals surface area contributed by atoms with Gasteiger partial charge in [-0.3, -0.25) is 0 Å². The van der Waals surface area contributed by atoms with Crippen LogP contribution in [0.4, 0.5) is 0 Å². The Morgan fingerprint density at radius 2 is 0.493 bits per heavy atom. The van der Waals surface area contributed by atoms with Gasteiger partial charge in [-0.1, -0.05) is 209 Å². The number of hydrogen-bond acceptors (Lipinski definition) is 7. The second kappa shape index (κ2) is 61.0. The van der Waals surface area contributed by atoms with Crippen LogP contribution in [-0.2, 0) is 0 Å². The Hall–Kier alpha value is -1.84. The van der Waals surface area contributed by atoms with Gasteiger partial charge < -0.3 is 36.4 Å². The van der Waals surface area contributed by atoms with Crippen molar-refractivity contribution in [1.29, 1.82) is 0 Å². The lowest BCUT2D eigenvalue weighted by Gasteiger charge is -2.29. The monoisotopic (exact) mass is 1020 g/mol. The largest absolute Gasteiger partial charge is 0.390 e. The molecule has 0 radical (unpaired) electrons. The lowest BCUT2D eigenvalue weighted by Crippen LogP contribution is -2.40. The van der Waals surface area contributed by atoms with E-state index in [0.29, 0.717) is 26.2 Å². The highest BCUT2D eigenvalue weighted by Gasteiger charge is 2.14. The van der Waals surface area contributed by atoms with Gasteiger partial charge in [-0.15, -0.1) is 0 Å². The van der Waals surface area contributed by atoms with Crippen LogP contribution in [0.2, 0.25) is 0 Å². The maximum atomic E-state index is 10.6. The van der Waals surface area contributed by atoms with E-state index in [-0.39, 0.29) is 0 Å². The molecule has 2 unspecified atom stereocenters. The van der Waals surface area contributed by atoms with Gasteiger partial charge in [0.05, 0.1) is 12.2 Å². The molecule has 0 saturated heterocycles. The Kier molecular flexibility index (Phi) is 59.5. The summed E-state index contributed by atoms with van der Waals surface area (Å²) in [6, 6.07) is 0. The zero-order valence-corrected chi connectivity index (χ0v) is 49.1. The van der Waals surface area contributed by atoms with Gasteiger partial charge in [-0.05, 0) is 174 Å².